The molecule has 0 saturated carbocycles. The van der Waals surface area contributed by atoms with Crippen molar-refractivity contribution >= 4 is 0 Å². The van der Waals surface area contributed by atoms with Crippen molar-refractivity contribution in [1.82, 2.24) is 0 Å². The molecule has 58 valence electrons. The van der Waals surface area contributed by atoms with Crippen LogP contribution in [0.15, 0.2) is 24.8 Å². The van der Waals surface area contributed by atoms with Crippen molar-refractivity contribution in [3.63, 3.8) is 0 Å². The first-order valence-corrected chi connectivity index (χ1v) is 3.96. The van der Waals surface area contributed by atoms with Crippen LogP contribution in [0.2, 0.25) is 0 Å². The molecular formula is C10H18. The maximum absolute atomic E-state index is 3.62. The van der Waals surface area contributed by atoms with E-state index in [2.05, 4.69) is 33.4 Å². The van der Waals surface area contributed by atoms with Crippen LogP contribution in [0.4, 0.5) is 0 Å². The summed E-state index contributed by atoms with van der Waals surface area (Å²) >= 11 is 0. The Morgan fingerprint density at radius 1 is 1.30 bits per heavy atom. The molecule has 0 bridgehead atoms. The fourth-order valence-corrected chi connectivity index (χ4v) is 0.662. The molecule has 0 spiro atoms. The van der Waals surface area contributed by atoms with Crippen molar-refractivity contribution in [3.05, 3.63) is 24.8 Å². The highest BCUT2D eigenvalue weighted by molar-refractivity contribution is 4.97. The first kappa shape index (κ1) is 9.48. The summed E-state index contributed by atoms with van der Waals surface area (Å²) in [6, 6.07) is 0. The smallest absolute Gasteiger partial charge is 0.0319 e. The van der Waals surface area contributed by atoms with Crippen molar-refractivity contribution in [2.45, 2.75) is 27.2 Å². The first-order valence-electron chi connectivity index (χ1n) is 3.96. The van der Waals surface area contributed by atoms with Gasteiger partial charge in [0.2, 0.25) is 0 Å². The summed E-state index contributed by atoms with van der Waals surface area (Å²) in [6.07, 6.45) is 7.19. The van der Waals surface area contributed by atoms with Gasteiger partial charge in [-0.1, -0.05) is 45.6 Å². The predicted molar refractivity (Wildman–Crippen MR) is 48.0 cm³/mol. The zero-order valence-electron chi connectivity index (χ0n) is 7.30. The largest absolute Gasteiger partial charge is 0.0991 e. The van der Waals surface area contributed by atoms with E-state index in [9.17, 15) is 0 Å². The lowest BCUT2D eigenvalue weighted by molar-refractivity contribution is 0.424. The van der Waals surface area contributed by atoms with Crippen LogP contribution >= 0.6 is 0 Å². The van der Waals surface area contributed by atoms with Gasteiger partial charge in [-0.05, 0) is 18.3 Å². The summed E-state index contributed by atoms with van der Waals surface area (Å²) in [4.78, 5) is 0. The molecule has 0 heteroatoms. The van der Waals surface area contributed by atoms with Gasteiger partial charge >= 0.3 is 0 Å². The third-order valence-electron chi connectivity index (χ3n) is 1.92. The molecule has 0 aliphatic rings. The summed E-state index contributed by atoms with van der Waals surface area (Å²) in [5.41, 5.74) is 0. The van der Waals surface area contributed by atoms with Crippen molar-refractivity contribution in [2.24, 2.45) is 11.8 Å². The Morgan fingerprint density at radius 3 is 2.30 bits per heavy atom. The average Bonchev–Trinajstić information content (AvgIpc) is 1.88. The van der Waals surface area contributed by atoms with Gasteiger partial charge in [0.25, 0.3) is 0 Å². The van der Waals surface area contributed by atoms with Gasteiger partial charge in [-0.25, -0.2) is 0 Å². The molecular weight excluding hydrogens is 120 g/mol. The maximum Gasteiger partial charge on any atom is -0.0319 e. The van der Waals surface area contributed by atoms with Gasteiger partial charge in [0.1, 0.15) is 0 Å². The molecule has 0 amide bonds. The summed E-state index contributed by atoms with van der Waals surface area (Å²) in [7, 11) is 0. The standard InChI is InChI=1S/C10H18/c1-5-6-7-8-10(4)9(2)3/h5-7,9-10H,1,8H2,2-4H3/b7-6-. The zero-order valence-corrected chi connectivity index (χ0v) is 7.30. The Hall–Kier alpha value is -0.520. The van der Waals surface area contributed by atoms with E-state index in [1.807, 2.05) is 12.2 Å². The minimum atomic E-state index is 0.787. The van der Waals surface area contributed by atoms with Crippen molar-refractivity contribution < 1.29 is 0 Å². The summed E-state index contributed by atoms with van der Waals surface area (Å²) in [5, 5.41) is 0. The van der Waals surface area contributed by atoms with Crippen LogP contribution in [-0.2, 0) is 0 Å². The molecule has 0 saturated heterocycles. The van der Waals surface area contributed by atoms with Crippen LogP contribution in [0.25, 0.3) is 0 Å². The summed E-state index contributed by atoms with van der Waals surface area (Å²) in [6.45, 7) is 10.4. The molecule has 1 unspecified atom stereocenters. The van der Waals surface area contributed by atoms with E-state index in [-0.39, 0.29) is 0 Å². The Kier molecular flexibility index (Phi) is 5.00. The Balaban J connectivity index is 3.48. The zero-order chi connectivity index (χ0) is 7.98. The normalized spacial score (nSPS) is 14.4. The van der Waals surface area contributed by atoms with Crippen molar-refractivity contribution in [3.8, 4) is 0 Å². The minimum absolute atomic E-state index is 0.787. The SMILES string of the molecule is C=C/C=C\CC(C)C(C)C. The highest BCUT2D eigenvalue weighted by Gasteiger charge is 2.02. The minimum Gasteiger partial charge on any atom is -0.0991 e. The van der Waals surface area contributed by atoms with Crippen LogP contribution in [0, 0.1) is 11.8 Å². The molecule has 0 aromatic heterocycles. The Bertz CT molecular complexity index is 109. The van der Waals surface area contributed by atoms with E-state index in [4.69, 9.17) is 0 Å². The van der Waals surface area contributed by atoms with Crippen LogP contribution in [0.1, 0.15) is 27.2 Å². The second kappa shape index (κ2) is 5.28. The van der Waals surface area contributed by atoms with E-state index in [1.165, 1.54) is 6.42 Å². The van der Waals surface area contributed by atoms with E-state index < -0.39 is 0 Å². The van der Waals surface area contributed by atoms with E-state index in [0.717, 1.165) is 11.8 Å². The summed E-state index contributed by atoms with van der Waals surface area (Å²) in [5.74, 6) is 1.57. The molecule has 0 nitrogen and oxygen atoms in total. The molecule has 0 N–H and O–H groups in total. The maximum atomic E-state index is 3.62. The average molecular weight is 138 g/mol. The van der Waals surface area contributed by atoms with Crippen LogP contribution in [0.3, 0.4) is 0 Å². The van der Waals surface area contributed by atoms with Gasteiger partial charge in [0.15, 0.2) is 0 Å². The highest BCUT2D eigenvalue weighted by Crippen LogP contribution is 2.13. The van der Waals surface area contributed by atoms with Crippen LogP contribution < -0.4 is 0 Å². The molecule has 0 aliphatic heterocycles. The fourth-order valence-electron chi connectivity index (χ4n) is 0.662. The number of hydrogen-bond donors (Lipinski definition) is 0. The van der Waals surface area contributed by atoms with Crippen molar-refractivity contribution in [2.75, 3.05) is 0 Å². The van der Waals surface area contributed by atoms with Gasteiger partial charge in [0.05, 0.1) is 0 Å². The molecule has 0 aliphatic carbocycles. The van der Waals surface area contributed by atoms with Gasteiger partial charge in [-0.2, -0.15) is 0 Å². The molecule has 0 radical (unpaired) electrons. The van der Waals surface area contributed by atoms with E-state index >= 15 is 0 Å². The number of rotatable bonds is 4. The first-order chi connectivity index (χ1) is 4.68. The lowest BCUT2D eigenvalue weighted by Crippen LogP contribution is -2.01. The fraction of sp³-hybridized carbons (Fsp3) is 0.600. The monoisotopic (exact) mass is 138 g/mol. The van der Waals surface area contributed by atoms with Gasteiger partial charge in [-0.15, -0.1) is 0 Å². The lowest BCUT2D eigenvalue weighted by atomic mass is 9.95. The molecule has 0 rings (SSSR count). The predicted octanol–water partition coefficient (Wildman–Crippen LogP) is 3.41. The molecule has 0 fully saturated rings. The molecule has 0 aromatic carbocycles. The van der Waals surface area contributed by atoms with Gasteiger partial charge in [-0.3, -0.25) is 0 Å². The second-order valence-corrected chi connectivity index (χ2v) is 3.12. The van der Waals surface area contributed by atoms with Crippen LogP contribution in [-0.4, -0.2) is 0 Å². The third-order valence-corrected chi connectivity index (χ3v) is 1.92. The quantitative estimate of drug-likeness (QED) is 0.522. The second-order valence-electron chi connectivity index (χ2n) is 3.12. The third kappa shape index (κ3) is 4.37. The Morgan fingerprint density at radius 2 is 1.90 bits per heavy atom. The van der Waals surface area contributed by atoms with Crippen molar-refractivity contribution in [1.29, 1.82) is 0 Å². The van der Waals surface area contributed by atoms with E-state index in [0.29, 0.717) is 0 Å². The van der Waals surface area contributed by atoms with E-state index in [1.54, 1.807) is 0 Å². The molecule has 0 aromatic rings. The number of allylic oxidation sites excluding steroid dienone is 3. The lowest BCUT2D eigenvalue weighted by Gasteiger charge is -2.11. The highest BCUT2D eigenvalue weighted by atomic mass is 14.1. The Labute approximate surface area is 64.6 Å². The number of hydrogen-bond acceptors (Lipinski definition) is 0. The van der Waals surface area contributed by atoms with Gasteiger partial charge < -0.3 is 0 Å². The molecule has 0 heterocycles. The topological polar surface area (TPSA) is 0 Å². The molecule has 1 atom stereocenters. The van der Waals surface area contributed by atoms with Gasteiger partial charge in [0, 0.05) is 0 Å². The summed E-state index contributed by atoms with van der Waals surface area (Å²) < 4.78 is 0. The molecule has 10 heavy (non-hydrogen) atoms. The van der Waals surface area contributed by atoms with Crippen LogP contribution in [0.5, 0.6) is 0 Å².